The van der Waals surface area contributed by atoms with Gasteiger partial charge in [0, 0.05) is 19.2 Å². The second-order valence-electron chi connectivity index (χ2n) is 6.94. The van der Waals surface area contributed by atoms with Crippen LogP contribution in [0, 0.1) is 19.3 Å². The van der Waals surface area contributed by atoms with E-state index >= 15 is 0 Å². The molecule has 0 saturated heterocycles. The summed E-state index contributed by atoms with van der Waals surface area (Å²) in [5.74, 6) is 2.23. The third kappa shape index (κ3) is 6.56. The largest absolute Gasteiger partial charge is 0.466 e. The standard InChI is InChI=1S/C16H29N3O2.HI/c1-11-8-13(12(2)21-11)16(6,20)10-19-14(17-7)18-9-15(3,4)5;/h8,20H,9-10H2,1-7H3,(H2,17,18,19);1H. The van der Waals surface area contributed by atoms with Crippen molar-refractivity contribution in [3.05, 3.63) is 23.2 Å². The summed E-state index contributed by atoms with van der Waals surface area (Å²) in [5, 5.41) is 17.1. The highest BCUT2D eigenvalue weighted by molar-refractivity contribution is 14.0. The van der Waals surface area contributed by atoms with Gasteiger partial charge >= 0.3 is 0 Å². The molecule has 1 aromatic rings. The first kappa shape index (κ1) is 21.2. The van der Waals surface area contributed by atoms with Gasteiger partial charge in [-0.15, -0.1) is 24.0 Å². The first-order valence-electron chi connectivity index (χ1n) is 7.29. The molecule has 0 radical (unpaired) electrons. The molecule has 0 fully saturated rings. The molecule has 0 aliphatic carbocycles. The van der Waals surface area contributed by atoms with Crippen LogP contribution in [0.2, 0.25) is 0 Å². The number of nitrogens with one attached hydrogen (secondary N) is 2. The minimum atomic E-state index is -1.01. The average molecular weight is 423 g/mol. The monoisotopic (exact) mass is 423 g/mol. The molecule has 6 heteroatoms. The number of nitrogens with zero attached hydrogens (tertiary/aromatic N) is 1. The molecule has 1 atom stereocenters. The highest BCUT2D eigenvalue weighted by Crippen LogP contribution is 2.26. The normalized spacial score (nSPS) is 15.0. The SMILES string of the molecule is CN=C(NCC(C)(C)C)NCC(C)(O)c1cc(C)oc1C.I. The molecule has 1 heterocycles. The fraction of sp³-hybridized carbons (Fsp3) is 0.688. The zero-order valence-corrected chi connectivity index (χ0v) is 17.0. The third-order valence-electron chi connectivity index (χ3n) is 3.23. The number of aliphatic hydroxyl groups is 1. The van der Waals surface area contributed by atoms with Crippen molar-refractivity contribution in [1.29, 1.82) is 0 Å². The topological polar surface area (TPSA) is 69.8 Å². The van der Waals surface area contributed by atoms with Gasteiger partial charge in [0.25, 0.3) is 0 Å². The van der Waals surface area contributed by atoms with Crippen LogP contribution in [0.4, 0.5) is 0 Å². The first-order chi connectivity index (χ1) is 9.55. The molecule has 0 aromatic carbocycles. The number of aryl methyl sites for hydroxylation is 2. The maximum absolute atomic E-state index is 10.6. The Morgan fingerprint density at radius 1 is 1.18 bits per heavy atom. The Balaban J connectivity index is 0.00000441. The smallest absolute Gasteiger partial charge is 0.191 e. The lowest BCUT2D eigenvalue weighted by Gasteiger charge is -2.26. The highest BCUT2D eigenvalue weighted by Gasteiger charge is 2.28. The Kier molecular flexibility index (Phi) is 7.91. The number of guanidine groups is 1. The Morgan fingerprint density at radius 3 is 2.14 bits per heavy atom. The molecular weight excluding hydrogens is 393 g/mol. The predicted octanol–water partition coefficient (Wildman–Crippen LogP) is 2.93. The van der Waals surface area contributed by atoms with E-state index in [4.69, 9.17) is 4.42 Å². The summed E-state index contributed by atoms with van der Waals surface area (Å²) in [6, 6.07) is 1.88. The molecule has 0 saturated carbocycles. The van der Waals surface area contributed by atoms with Crippen LogP contribution < -0.4 is 10.6 Å². The van der Waals surface area contributed by atoms with Crippen LogP contribution in [-0.2, 0) is 5.60 Å². The van der Waals surface area contributed by atoms with Crippen LogP contribution >= 0.6 is 24.0 Å². The van der Waals surface area contributed by atoms with Gasteiger partial charge in [-0.05, 0) is 32.3 Å². The Labute approximate surface area is 151 Å². The number of aliphatic imine (C=N–C) groups is 1. The Hall–Kier alpha value is -0.760. The fourth-order valence-electron chi connectivity index (χ4n) is 2.09. The fourth-order valence-corrected chi connectivity index (χ4v) is 2.09. The van der Waals surface area contributed by atoms with E-state index < -0.39 is 5.60 Å². The maximum Gasteiger partial charge on any atom is 0.191 e. The molecule has 1 unspecified atom stereocenters. The lowest BCUT2D eigenvalue weighted by atomic mass is 9.96. The van der Waals surface area contributed by atoms with Crippen molar-refractivity contribution >= 4 is 29.9 Å². The van der Waals surface area contributed by atoms with Crippen molar-refractivity contribution in [3.8, 4) is 0 Å². The molecule has 128 valence electrons. The molecule has 0 spiro atoms. The van der Waals surface area contributed by atoms with E-state index in [2.05, 4.69) is 36.4 Å². The summed E-state index contributed by atoms with van der Waals surface area (Å²) in [5.41, 5.74) is -0.0432. The van der Waals surface area contributed by atoms with Crippen LogP contribution in [-0.4, -0.2) is 31.2 Å². The number of hydrogen-bond donors (Lipinski definition) is 3. The van der Waals surface area contributed by atoms with Crippen LogP contribution in [0.15, 0.2) is 15.5 Å². The Bertz CT molecular complexity index is 502. The average Bonchev–Trinajstić information content (AvgIpc) is 2.68. The highest BCUT2D eigenvalue weighted by atomic mass is 127. The molecule has 5 nitrogen and oxygen atoms in total. The lowest BCUT2D eigenvalue weighted by Crippen LogP contribution is -2.46. The third-order valence-corrected chi connectivity index (χ3v) is 3.23. The van der Waals surface area contributed by atoms with Crippen LogP contribution in [0.5, 0.6) is 0 Å². The van der Waals surface area contributed by atoms with Gasteiger partial charge < -0.3 is 20.2 Å². The predicted molar refractivity (Wildman–Crippen MR) is 102 cm³/mol. The molecule has 0 aliphatic rings. The van der Waals surface area contributed by atoms with Gasteiger partial charge in [-0.1, -0.05) is 20.8 Å². The van der Waals surface area contributed by atoms with Gasteiger partial charge in [-0.25, -0.2) is 0 Å². The van der Waals surface area contributed by atoms with Gasteiger partial charge in [-0.3, -0.25) is 4.99 Å². The second-order valence-corrected chi connectivity index (χ2v) is 6.94. The van der Waals surface area contributed by atoms with Gasteiger partial charge in [-0.2, -0.15) is 0 Å². The molecule has 0 amide bonds. The molecule has 0 bridgehead atoms. The molecule has 22 heavy (non-hydrogen) atoms. The van der Waals surface area contributed by atoms with E-state index in [0.29, 0.717) is 12.5 Å². The van der Waals surface area contributed by atoms with E-state index in [0.717, 1.165) is 23.6 Å². The summed E-state index contributed by atoms with van der Waals surface area (Å²) in [7, 11) is 1.72. The molecule has 1 rings (SSSR count). The molecule has 0 aliphatic heterocycles. The van der Waals surface area contributed by atoms with Crippen molar-refractivity contribution < 1.29 is 9.52 Å². The lowest BCUT2D eigenvalue weighted by molar-refractivity contribution is 0.0601. The summed E-state index contributed by atoms with van der Waals surface area (Å²) >= 11 is 0. The summed E-state index contributed by atoms with van der Waals surface area (Å²) < 4.78 is 5.49. The van der Waals surface area contributed by atoms with Crippen molar-refractivity contribution in [2.45, 2.75) is 47.1 Å². The van der Waals surface area contributed by atoms with Crippen molar-refractivity contribution in [3.63, 3.8) is 0 Å². The van der Waals surface area contributed by atoms with Crippen molar-refractivity contribution in [1.82, 2.24) is 10.6 Å². The first-order valence-corrected chi connectivity index (χ1v) is 7.29. The molecular formula is C16H30IN3O2. The summed E-state index contributed by atoms with van der Waals surface area (Å²) in [4.78, 5) is 4.18. The van der Waals surface area contributed by atoms with E-state index in [1.165, 1.54) is 0 Å². The van der Waals surface area contributed by atoms with E-state index in [9.17, 15) is 5.11 Å². The van der Waals surface area contributed by atoms with Gasteiger partial charge in [0.2, 0.25) is 0 Å². The van der Waals surface area contributed by atoms with E-state index in [1.54, 1.807) is 14.0 Å². The Morgan fingerprint density at radius 2 is 1.73 bits per heavy atom. The van der Waals surface area contributed by atoms with Gasteiger partial charge in [0.05, 0.1) is 6.54 Å². The quantitative estimate of drug-likeness (QED) is 0.396. The van der Waals surface area contributed by atoms with Crippen molar-refractivity contribution in [2.75, 3.05) is 20.1 Å². The number of halogens is 1. The summed E-state index contributed by atoms with van der Waals surface area (Å²) in [6.07, 6.45) is 0. The second kappa shape index (κ2) is 8.19. The zero-order chi connectivity index (χ0) is 16.3. The van der Waals surface area contributed by atoms with Crippen LogP contribution in [0.3, 0.4) is 0 Å². The minimum absolute atomic E-state index is 0. The zero-order valence-electron chi connectivity index (χ0n) is 14.7. The van der Waals surface area contributed by atoms with E-state index in [-0.39, 0.29) is 29.4 Å². The van der Waals surface area contributed by atoms with Crippen LogP contribution in [0.25, 0.3) is 0 Å². The van der Waals surface area contributed by atoms with Crippen molar-refractivity contribution in [2.24, 2.45) is 10.4 Å². The summed E-state index contributed by atoms with van der Waals surface area (Å²) in [6.45, 7) is 13.1. The van der Waals surface area contributed by atoms with Gasteiger partial charge in [0.15, 0.2) is 5.96 Å². The molecule has 1 aromatic heterocycles. The van der Waals surface area contributed by atoms with E-state index in [1.807, 2.05) is 19.9 Å². The number of rotatable bonds is 4. The maximum atomic E-state index is 10.6. The van der Waals surface area contributed by atoms with Crippen LogP contribution in [0.1, 0.15) is 44.8 Å². The van der Waals surface area contributed by atoms with Gasteiger partial charge in [0.1, 0.15) is 17.1 Å². The number of furan rings is 1. The minimum Gasteiger partial charge on any atom is -0.466 e. The number of hydrogen-bond acceptors (Lipinski definition) is 3. The molecule has 3 N–H and O–H groups in total.